The van der Waals surface area contributed by atoms with Crippen molar-refractivity contribution in [2.24, 2.45) is 5.92 Å². The Bertz CT molecular complexity index is 703. The first-order valence-corrected chi connectivity index (χ1v) is 9.23. The molecule has 1 saturated heterocycles. The minimum Gasteiger partial charge on any atom is -0.391 e. The van der Waals surface area contributed by atoms with Crippen LogP contribution in [0.4, 0.5) is 5.69 Å². The molecule has 1 aliphatic heterocycles. The molecule has 0 bridgehead atoms. The minimum absolute atomic E-state index is 0.0830. The number of carbonyl (C=O) groups excluding carboxylic acids is 1. The lowest BCUT2D eigenvalue weighted by molar-refractivity contribution is 0.0927. The van der Waals surface area contributed by atoms with Crippen molar-refractivity contribution < 1.29 is 9.90 Å². The Morgan fingerprint density at radius 2 is 1.88 bits per heavy atom. The summed E-state index contributed by atoms with van der Waals surface area (Å²) in [6, 6.07) is 18.1. The molecule has 2 aromatic carbocycles. The number of β-amino-alcohol motifs (C(OH)–C–C–N with tert-alkyl or cyclic N) is 1. The zero-order chi connectivity index (χ0) is 18.4. The summed E-state index contributed by atoms with van der Waals surface area (Å²) < 4.78 is 0. The Morgan fingerprint density at radius 1 is 1.15 bits per heavy atom. The van der Waals surface area contributed by atoms with Crippen molar-refractivity contribution in [3.63, 3.8) is 0 Å². The molecule has 3 N–H and O–H groups in total. The first-order valence-electron chi connectivity index (χ1n) is 9.23. The van der Waals surface area contributed by atoms with Crippen molar-refractivity contribution in [2.45, 2.75) is 19.6 Å². The predicted octanol–water partition coefficient (Wildman–Crippen LogP) is 2.02. The molecule has 0 aromatic heterocycles. The standard InChI is InChI=1S/C21H27N3O2/c1-2-24(15-16-6-4-3-5-7-16)19-10-8-17(9-11-19)21(26)23-13-18-12-22-14-20(18)25/h3-11,18,20,22,25H,2,12-15H2,1H3,(H,23,26). The summed E-state index contributed by atoms with van der Waals surface area (Å²) >= 11 is 0. The Hall–Kier alpha value is -2.37. The van der Waals surface area contributed by atoms with E-state index >= 15 is 0 Å². The molecule has 2 unspecified atom stereocenters. The summed E-state index contributed by atoms with van der Waals surface area (Å²) in [5.74, 6) is -0.0126. The van der Waals surface area contributed by atoms with Crippen molar-refractivity contribution in [1.29, 1.82) is 0 Å². The average Bonchev–Trinajstić information content (AvgIpc) is 3.10. The van der Waals surface area contributed by atoms with Gasteiger partial charge >= 0.3 is 0 Å². The van der Waals surface area contributed by atoms with E-state index in [0.717, 1.165) is 25.3 Å². The zero-order valence-corrected chi connectivity index (χ0v) is 15.2. The molecule has 1 fully saturated rings. The molecule has 5 heteroatoms. The van der Waals surface area contributed by atoms with Gasteiger partial charge in [0.1, 0.15) is 0 Å². The summed E-state index contributed by atoms with van der Waals surface area (Å²) in [6.07, 6.45) is -0.381. The first-order chi connectivity index (χ1) is 12.7. The number of benzene rings is 2. The van der Waals surface area contributed by atoms with E-state index in [4.69, 9.17) is 0 Å². The van der Waals surface area contributed by atoms with Crippen LogP contribution in [0.1, 0.15) is 22.8 Å². The second kappa shape index (κ2) is 8.83. The molecule has 2 atom stereocenters. The summed E-state index contributed by atoms with van der Waals surface area (Å²) in [4.78, 5) is 14.6. The van der Waals surface area contributed by atoms with Crippen molar-refractivity contribution in [1.82, 2.24) is 10.6 Å². The summed E-state index contributed by atoms with van der Waals surface area (Å²) in [5, 5.41) is 15.8. The Kier molecular flexibility index (Phi) is 6.26. The van der Waals surface area contributed by atoms with E-state index in [1.807, 2.05) is 42.5 Å². The lowest BCUT2D eigenvalue weighted by Crippen LogP contribution is -2.34. The predicted molar refractivity (Wildman–Crippen MR) is 104 cm³/mol. The van der Waals surface area contributed by atoms with Crippen LogP contribution in [0.2, 0.25) is 0 Å². The van der Waals surface area contributed by atoms with Crippen molar-refractivity contribution in [3.8, 4) is 0 Å². The van der Waals surface area contributed by atoms with Crippen molar-refractivity contribution in [3.05, 3.63) is 65.7 Å². The second-order valence-corrected chi connectivity index (χ2v) is 6.74. The number of nitrogens with zero attached hydrogens (tertiary/aromatic N) is 1. The van der Waals surface area contributed by atoms with Gasteiger partial charge in [0.2, 0.25) is 0 Å². The number of hydrogen-bond donors (Lipinski definition) is 3. The van der Waals surface area contributed by atoms with Crippen LogP contribution in [0.3, 0.4) is 0 Å². The van der Waals surface area contributed by atoms with Gasteiger partial charge < -0.3 is 20.6 Å². The van der Waals surface area contributed by atoms with Crippen LogP contribution in [0.25, 0.3) is 0 Å². The third kappa shape index (κ3) is 4.62. The first kappa shape index (κ1) is 18.4. The number of carbonyl (C=O) groups is 1. The SMILES string of the molecule is CCN(Cc1ccccc1)c1ccc(C(=O)NCC2CNCC2O)cc1. The number of aliphatic hydroxyl groups is 1. The van der Waals surface area contributed by atoms with Gasteiger partial charge in [-0.25, -0.2) is 0 Å². The van der Waals surface area contributed by atoms with Gasteiger partial charge in [-0.15, -0.1) is 0 Å². The van der Waals surface area contributed by atoms with Gasteiger partial charge in [-0.3, -0.25) is 4.79 Å². The largest absolute Gasteiger partial charge is 0.391 e. The minimum atomic E-state index is -0.381. The number of amides is 1. The monoisotopic (exact) mass is 353 g/mol. The Balaban J connectivity index is 1.58. The molecule has 0 spiro atoms. The zero-order valence-electron chi connectivity index (χ0n) is 15.2. The molecular weight excluding hydrogens is 326 g/mol. The van der Waals surface area contributed by atoms with E-state index in [-0.39, 0.29) is 17.9 Å². The molecule has 0 saturated carbocycles. The average molecular weight is 353 g/mol. The summed E-state index contributed by atoms with van der Waals surface area (Å²) in [6.45, 7) is 5.70. The maximum absolute atomic E-state index is 12.3. The topological polar surface area (TPSA) is 64.6 Å². The summed E-state index contributed by atoms with van der Waals surface area (Å²) in [7, 11) is 0. The molecule has 1 amide bonds. The van der Waals surface area contributed by atoms with Gasteiger partial charge in [0.05, 0.1) is 6.10 Å². The van der Waals surface area contributed by atoms with E-state index in [0.29, 0.717) is 18.7 Å². The maximum Gasteiger partial charge on any atom is 0.251 e. The fraction of sp³-hybridized carbons (Fsp3) is 0.381. The van der Waals surface area contributed by atoms with Gasteiger partial charge in [-0.1, -0.05) is 30.3 Å². The van der Waals surface area contributed by atoms with Gasteiger partial charge in [-0.05, 0) is 36.8 Å². The molecule has 1 aliphatic rings. The third-order valence-electron chi connectivity index (χ3n) is 4.92. The van der Waals surface area contributed by atoms with E-state index < -0.39 is 0 Å². The number of anilines is 1. The molecule has 2 aromatic rings. The Labute approximate surface area is 155 Å². The van der Waals surface area contributed by atoms with Crippen LogP contribution in [-0.4, -0.2) is 43.3 Å². The molecule has 138 valence electrons. The lowest BCUT2D eigenvalue weighted by atomic mass is 10.1. The van der Waals surface area contributed by atoms with Gasteiger partial charge in [0, 0.05) is 49.9 Å². The molecule has 5 nitrogen and oxygen atoms in total. The second-order valence-electron chi connectivity index (χ2n) is 6.74. The van der Waals surface area contributed by atoms with Crippen molar-refractivity contribution >= 4 is 11.6 Å². The quantitative estimate of drug-likeness (QED) is 0.713. The van der Waals surface area contributed by atoms with Crippen LogP contribution in [-0.2, 0) is 6.54 Å². The van der Waals surface area contributed by atoms with Crippen molar-refractivity contribution in [2.75, 3.05) is 31.1 Å². The molecule has 0 aliphatic carbocycles. The fourth-order valence-corrected chi connectivity index (χ4v) is 3.27. The van der Waals surface area contributed by atoms with E-state index in [1.54, 1.807) is 0 Å². The van der Waals surface area contributed by atoms with Gasteiger partial charge in [-0.2, -0.15) is 0 Å². The highest BCUT2D eigenvalue weighted by Crippen LogP contribution is 2.18. The summed E-state index contributed by atoms with van der Waals surface area (Å²) in [5.41, 5.74) is 3.01. The highest BCUT2D eigenvalue weighted by Gasteiger charge is 2.25. The fourth-order valence-electron chi connectivity index (χ4n) is 3.27. The van der Waals surface area contributed by atoms with Crippen LogP contribution >= 0.6 is 0 Å². The van der Waals surface area contributed by atoms with Crippen LogP contribution < -0.4 is 15.5 Å². The highest BCUT2D eigenvalue weighted by molar-refractivity contribution is 5.94. The molecule has 1 heterocycles. The van der Waals surface area contributed by atoms with Crippen LogP contribution in [0.5, 0.6) is 0 Å². The number of rotatable bonds is 7. The molecular formula is C21H27N3O2. The van der Waals surface area contributed by atoms with E-state index in [2.05, 4.69) is 34.6 Å². The highest BCUT2D eigenvalue weighted by atomic mass is 16.3. The Morgan fingerprint density at radius 3 is 2.50 bits per heavy atom. The molecule has 3 rings (SSSR count). The van der Waals surface area contributed by atoms with Crippen LogP contribution in [0.15, 0.2) is 54.6 Å². The molecule has 0 radical (unpaired) electrons. The van der Waals surface area contributed by atoms with E-state index in [1.165, 1.54) is 5.56 Å². The number of nitrogens with one attached hydrogen (secondary N) is 2. The third-order valence-corrected chi connectivity index (χ3v) is 4.92. The van der Waals surface area contributed by atoms with Gasteiger partial charge in [0.15, 0.2) is 0 Å². The smallest absolute Gasteiger partial charge is 0.251 e. The number of hydrogen-bond acceptors (Lipinski definition) is 4. The normalized spacial score (nSPS) is 19.3. The maximum atomic E-state index is 12.3. The van der Waals surface area contributed by atoms with Crippen LogP contribution in [0, 0.1) is 5.92 Å². The van der Waals surface area contributed by atoms with E-state index in [9.17, 15) is 9.90 Å². The number of aliphatic hydroxyl groups excluding tert-OH is 1. The molecule has 26 heavy (non-hydrogen) atoms. The lowest BCUT2D eigenvalue weighted by Gasteiger charge is -2.23. The van der Waals surface area contributed by atoms with Gasteiger partial charge in [0.25, 0.3) is 5.91 Å².